The Bertz CT molecular complexity index is 508. The van der Waals surface area contributed by atoms with Gasteiger partial charge in [0.1, 0.15) is 5.75 Å². The van der Waals surface area contributed by atoms with E-state index >= 15 is 0 Å². The standard InChI is InChI=1S/C18H29N3O2.2ClH/c1-20(15-5-3-4-6-15)11-12-21(2)18(23)17(19)13-14-7-9-16(22)10-8-14;;/h7-10,15,17,22H,3-6,11-13,19H2,1-2H3;2*1H/t17-;;/m0../s1. The summed E-state index contributed by atoms with van der Waals surface area (Å²) in [4.78, 5) is 16.5. The molecule has 1 saturated carbocycles. The number of likely N-dealkylation sites (N-methyl/N-ethyl adjacent to an activating group) is 2. The van der Waals surface area contributed by atoms with Gasteiger partial charge in [0.05, 0.1) is 6.04 Å². The van der Waals surface area contributed by atoms with Gasteiger partial charge in [0.15, 0.2) is 0 Å². The van der Waals surface area contributed by atoms with E-state index in [0.29, 0.717) is 19.0 Å². The molecule has 1 fully saturated rings. The Balaban J connectivity index is 0.00000288. The summed E-state index contributed by atoms with van der Waals surface area (Å²) < 4.78 is 0. The molecule has 144 valence electrons. The zero-order valence-corrected chi connectivity index (χ0v) is 16.7. The molecule has 0 spiro atoms. The Labute approximate surface area is 163 Å². The molecule has 3 N–H and O–H groups in total. The van der Waals surface area contributed by atoms with E-state index in [-0.39, 0.29) is 36.5 Å². The maximum atomic E-state index is 12.4. The first-order chi connectivity index (χ1) is 11.0. The number of nitrogens with two attached hydrogens (primary N) is 1. The molecule has 1 aliphatic carbocycles. The summed E-state index contributed by atoms with van der Waals surface area (Å²) in [6.45, 7) is 1.59. The van der Waals surface area contributed by atoms with E-state index in [2.05, 4.69) is 11.9 Å². The maximum Gasteiger partial charge on any atom is 0.239 e. The lowest BCUT2D eigenvalue weighted by Crippen LogP contribution is -2.46. The van der Waals surface area contributed by atoms with Crippen molar-refractivity contribution in [1.82, 2.24) is 9.80 Å². The number of phenolic OH excluding ortho intramolecular Hbond substituents is 1. The fraction of sp³-hybridized carbons (Fsp3) is 0.611. The van der Waals surface area contributed by atoms with Gasteiger partial charge in [-0.05, 0) is 44.0 Å². The molecule has 1 aromatic carbocycles. The molecular formula is C18H31Cl2N3O2. The van der Waals surface area contributed by atoms with Gasteiger partial charge in [-0.3, -0.25) is 4.79 Å². The van der Waals surface area contributed by atoms with Crippen LogP contribution in [0.3, 0.4) is 0 Å². The predicted molar refractivity (Wildman–Crippen MR) is 107 cm³/mol. The lowest BCUT2D eigenvalue weighted by atomic mass is 10.1. The number of benzene rings is 1. The first kappa shape index (κ1) is 24.0. The molecular weight excluding hydrogens is 361 g/mol. The topological polar surface area (TPSA) is 69.8 Å². The Morgan fingerprint density at radius 2 is 1.72 bits per heavy atom. The lowest BCUT2D eigenvalue weighted by Gasteiger charge is -2.28. The summed E-state index contributed by atoms with van der Waals surface area (Å²) in [6.07, 6.45) is 5.67. The minimum atomic E-state index is -0.540. The van der Waals surface area contributed by atoms with Gasteiger partial charge >= 0.3 is 0 Å². The molecule has 0 saturated heterocycles. The van der Waals surface area contributed by atoms with E-state index in [1.165, 1.54) is 25.7 Å². The van der Waals surface area contributed by atoms with Crippen LogP contribution in [0.5, 0.6) is 5.75 Å². The molecule has 1 amide bonds. The van der Waals surface area contributed by atoms with Gasteiger partial charge in [0, 0.05) is 26.2 Å². The molecule has 0 aliphatic heterocycles. The van der Waals surface area contributed by atoms with Crippen LogP contribution in [0.1, 0.15) is 31.2 Å². The van der Waals surface area contributed by atoms with Crippen LogP contribution in [0.15, 0.2) is 24.3 Å². The van der Waals surface area contributed by atoms with Crippen LogP contribution >= 0.6 is 24.8 Å². The van der Waals surface area contributed by atoms with Gasteiger partial charge in [0.2, 0.25) is 5.91 Å². The summed E-state index contributed by atoms with van der Waals surface area (Å²) in [5.74, 6) is 0.193. The Morgan fingerprint density at radius 3 is 2.28 bits per heavy atom. The molecule has 2 rings (SSSR count). The van der Waals surface area contributed by atoms with Crippen molar-refractivity contribution in [3.05, 3.63) is 29.8 Å². The fourth-order valence-corrected chi connectivity index (χ4v) is 3.20. The molecule has 25 heavy (non-hydrogen) atoms. The third kappa shape index (κ3) is 7.40. The summed E-state index contributed by atoms with van der Waals surface area (Å²) in [6, 6.07) is 6.97. The van der Waals surface area contributed by atoms with E-state index in [0.717, 1.165) is 12.1 Å². The van der Waals surface area contributed by atoms with Gasteiger partial charge in [-0.15, -0.1) is 24.8 Å². The third-order valence-corrected chi connectivity index (χ3v) is 4.82. The zero-order chi connectivity index (χ0) is 16.8. The summed E-state index contributed by atoms with van der Waals surface area (Å²) in [5.41, 5.74) is 7.01. The van der Waals surface area contributed by atoms with Gasteiger partial charge in [-0.25, -0.2) is 0 Å². The van der Waals surface area contributed by atoms with Gasteiger partial charge in [0.25, 0.3) is 0 Å². The number of hydrogen-bond donors (Lipinski definition) is 2. The minimum absolute atomic E-state index is 0. The van der Waals surface area contributed by atoms with Crippen LogP contribution in [-0.2, 0) is 11.2 Å². The highest BCUT2D eigenvalue weighted by Crippen LogP contribution is 2.22. The van der Waals surface area contributed by atoms with Crippen molar-refractivity contribution in [2.24, 2.45) is 5.73 Å². The number of rotatable bonds is 7. The van der Waals surface area contributed by atoms with Gasteiger partial charge in [-0.1, -0.05) is 25.0 Å². The molecule has 0 radical (unpaired) electrons. The smallest absolute Gasteiger partial charge is 0.239 e. The van der Waals surface area contributed by atoms with E-state index in [1.54, 1.807) is 29.2 Å². The summed E-state index contributed by atoms with van der Waals surface area (Å²) >= 11 is 0. The first-order valence-corrected chi connectivity index (χ1v) is 8.46. The molecule has 5 nitrogen and oxygen atoms in total. The number of hydrogen-bond acceptors (Lipinski definition) is 4. The predicted octanol–water partition coefficient (Wildman–Crippen LogP) is 2.44. The summed E-state index contributed by atoms with van der Waals surface area (Å²) in [7, 11) is 3.96. The van der Waals surface area contributed by atoms with Crippen molar-refractivity contribution in [2.75, 3.05) is 27.2 Å². The number of carbonyl (C=O) groups excluding carboxylic acids is 1. The van der Waals surface area contributed by atoms with E-state index in [1.807, 2.05) is 7.05 Å². The van der Waals surface area contributed by atoms with Gasteiger partial charge in [-0.2, -0.15) is 0 Å². The SMILES string of the molecule is CN(CCN(C)C1CCCC1)C(=O)[C@@H](N)Cc1ccc(O)cc1.Cl.Cl. The third-order valence-electron chi connectivity index (χ3n) is 4.82. The van der Waals surface area contributed by atoms with Crippen molar-refractivity contribution >= 4 is 30.7 Å². The summed E-state index contributed by atoms with van der Waals surface area (Å²) in [5, 5.41) is 9.29. The molecule has 1 aliphatic rings. The molecule has 0 aromatic heterocycles. The normalized spacial score (nSPS) is 15.4. The molecule has 0 bridgehead atoms. The number of phenols is 1. The molecule has 1 atom stereocenters. The number of amides is 1. The van der Waals surface area contributed by atoms with E-state index in [9.17, 15) is 9.90 Å². The minimum Gasteiger partial charge on any atom is -0.508 e. The second-order valence-electron chi connectivity index (χ2n) is 6.66. The van der Waals surface area contributed by atoms with Crippen LogP contribution in [-0.4, -0.2) is 60.1 Å². The average molecular weight is 392 g/mol. The lowest BCUT2D eigenvalue weighted by molar-refractivity contribution is -0.131. The zero-order valence-electron chi connectivity index (χ0n) is 15.1. The highest BCUT2D eigenvalue weighted by Gasteiger charge is 2.22. The fourth-order valence-electron chi connectivity index (χ4n) is 3.20. The number of carbonyl (C=O) groups is 1. The molecule has 0 heterocycles. The van der Waals surface area contributed by atoms with Crippen LogP contribution in [0.25, 0.3) is 0 Å². The molecule has 7 heteroatoms. The van der Waals surface area contributed by atoms with Crippen molar-refractivity contribution in [2.45, 2.75) is 44.2 Å². The van der Waals surface area contributed by atoms with Crippen LogP contribution < -0.4 is 5.73 Å². The van der Waals surface area contributed by atoms with Crippen LogP contribution in [0, 0.1) is 0 Å². The van der Waals surface area contributed by atoms with Crippen molar-refractivity contribution < 1.29 is 9.90 Å². The highest BCUT2D eigenvalue weighted by molar-refractivity contribution is 5.85. The van der Waals surface area contributed by atoms with Gasteiger partial charge < -0.3 is 20.6 Å². The van der Waals surface area contributed by atoms with Crippen LogP contribution in [0.2, 0.25) is 0 Å². The number of nitrogens with zero attached hydrogens (tertiary/aromatic N) is 2. The van der Waals surface area contributed by atoms with Crippen molar-refractivity contribution in [3.63, 3.8) is 0 Å². The largest absolute Gasteiger partial charge is 0.508 e. The number of aromatic hydroxyl groups is 1. The van der Waals surface area contributed by atoms with E-state index in [4.69, 9.17) is 5.73 Å². The Kier molecular flexibility index (Phi) is 11.1. The average Bonchev–Trinajstić information content (AvgIpc) is 3.08. The molecule has 1 aromatic rings. The van der Waals surface area contributed by atoms with Crippen molar-refractivity contribution in [3.8, 4) is 5.75 Å². The Morgan fingerprint density at radius 1 is 1.16 bits per heavy atom. The van der Waals surface area contributed by atoms with E-state index < -0.39 is 6.04 Å². The number of halogens is 2. The second-order valence-corrected chi connectivity index (χ2v) is 6.66. The molecule has 0 unspecified atom stereocenters. The quantitative estimate of drug-likeness (QED) is 0.748. The Hall–Kier alpha value is -1.01. The van der Waals surface area contributed by atoms with Crippen molar-refractivity contribution in [1.29, 1.82) is 0 Å². The van der Waals surface area contributed by atoms with Crippen LogP contribution in [0.4, 0.5) is 0 Å². The second kappa shape index (κ2) is 11.6. The highest BCUT2D eigenvalue weighted by atomic mass is 35.5. The first-order valence-electron chi connectivity index (χ1n) is 8.46. The monoisotopic (exact) mass is 391 g/mol. The maximum absolute atomic E-state index is 12.4.